The molecule has 0 amide bonds. The minimum absolute atomic E-state index is 0.890. The van der Waals surface area contributed by atoms with Crippen LogP contribution in [0.3, 0.4) is 0 Å². The van der Waals surface area contributed by atoms with Gasteiger partial charge in [-0.3, -0.25) is 0 Å². The van der Waals surface area contributed by atoms with E-state index >= 15 is 0 Å². The van der Waals surface area contributed by atoms with Crippen molar-refractivity contribution in [1.29, 1.82) is 0 Å². The van der Waals surface area contributed by atoms with Crippen LogP contribution in [0.1, 0.15) is 36.1 Å². The highest BCUT2D eigenvalue weighted by atomic mass is 32.1. The highest BCUT2D eigenvalue weighted by molar-refractivity contribution is 7.80. The van der Waals surface area contributed by atoms with Crippen LogP contribution in [-0.4, -0.2) is 0 Å². The quantitative estimate of drug-likeness (QED) is 0.671. The van der Waals surface area contributed by atoms with Crippen LogP contribution in [-0.2, 0) is 6.42 Å². The van der Waals surface area contributed by atoms with Gasteiger partial charge in [0.1, 0.15) is 0 Å². The SMILES string of the molecule is CC.Cc1cccc(Cc2cccc(C)c2S)c1S. The summed E-state index contributed by atoms with van der Waals surface area (Å²) in [7, 11) is 0. The molecule has 2 aromatic carbocycles. The fraction of sp³-hybridized carbons (Fsp3) is 0.294. The van der Waals surface area contributed by atoms with E-state index in [1.165, 1.54) is 22.3 Å². The van der Waals surface area contributed by atoms with Crippen molar-refractivity contribution >= 4 is 25.3 Å². The molecule has 0 atom stereocenters. The summed E-state index contributed by atoms with van der Waals surface area (Å²) in [5.41, 5.74) is 4.96. The molecule has 19 heavy (non-hydrogen) atoms. The molecule has 0 aliphatic rings. The van der Waals surface area contributed by atoms with E-state index in [-0.39, 0.29) is 0 Å². The third kappa shape index (κ3) is 4.05. The Morgan fingerprint density at radius 3 is 1.47 bits per heavy atom. The van der Waals surface area contributed by atoms with E-state index in [2.05, 4.69) is 75.5 Å². The lowest BCUT2D eigenvalue weighted by molar-refractivity contribution is 1.06. The van der Waals surface area contributed by atoms with Crippen molar-refractivity contribution in [2.75, 3.05) is 0 Å². The molecule has 0 saturated carbocycles. The van der Waals surface area contributed by atoms with Gasteiger partial charge in [-0.1, -0.05) is 50.2 Å². The van der Waals surface area contributed by atoms with Crippen molar-refractivity contribution in [2.45, 2.75) is 43.9 Å². The summed E-state index contributed by atoms with van der Waals surface area (Å²) in [5, 5.41) is 0. The van der Waals surface area contributed by atoms with Crippen molar-refractivity contribution in [3.63, 3.8) is 0 Å². The molecule has 2 heteroatoms. The topological polar surface area (TPSA) is 0 Å². The molecule has 0 nitrogen and oxygen atoms in total. The smallest absolute Gasteiger partial charge is 0.0105 e. The zero-order valence-corrected chi connectivity index (χ0v) is 13.9. The normalized spacial score (nSPS) is 9.79. The molecule has 0 unspecified atom stereocenters. The third-order valence-electron chi connectivity index (χ3n) is 3.02. The van der Waals surface area contributed by atoms with Crippen LogP contribution in [0.4, 0.5) is 0 Å². The molecule has 0 bridgehead atoms. The molecule has 0 fully saturated rings. The summed E-state index contributed by atoms with van der Waals surface area (Å²) in [6.45, 7) is 8.17. The third-order valence-corrected chi connectivity index (χ3v) is 4.30. The van der Waals surface area contributed by atoms with Crippen molar-refractivity contribution in [3.05, 3.63) is 58.7 Å². The van der Waals surface area contributed by atoms with E-state index in [9.17, 15) is 0 Å². The Morgan fingerprint density at radius 1 is 0.737 bits per heavy atom. The lowest BCUT2D eigenvalue weighted by Gasteiger charge is -2.11. The van der Waals surface area contributed by atoms with Gasteiger partial charge in [0.25, 0.3) is 0 Å². The van der Waals surface area contributed by atoms with Crippen LogP contribution >= 0.6 is 25.3 Å². The van der Waals surface area contributed by atoms with Gasteiger partial charge in [-0.2, -0.15) is 0 Å². The van der Waals surface area contributed by atoms with Crippen LogP contribution < -0.4 is 0 Å². The van der Waals surface area contributed by atoms with Crippen molar-refractivity contribution in [2.24, 2.45) is 0 Å². The summed E-state index contributed by atoms with van der Waals surface area (Å²) < 4.78 is 0. The van der Waals surface area contributed by atoms with E-state index in [0.29, 0.717) is 0 Å². The minimum atomic E-state index is 0.890. The second kappa shape index (κ2) is 7.66. The monoisotopic (exact) mass is 290 g/mol. The second-order valence-corrected chi connectivity index (χ2v) is 5.24. The van der Waals surface area contributed by atoms with Crippen LogP contribution in [0.2, 0.25) is 0 Å². The maximum Gasteiger partial charge on any atom is 0.0105 e. The summed E-state index contributed by atoms with van der Waals surface area (Å²) in [6, 6.07) is 12.6. The lowest BCUT2D eigenvalue weighted by Crippen LogP contribution is -1.94. The summed E-state index contributed by atoms with van der Waals surface area (Å²) >= 11 is 9.15. The van der Waals surface area contributed by atoms with Gasteiger partial charge < -0.3 is 0 Å². The Morgan fingerprint density at radius 2 is 1.11 bits per heavy atom. The Labute approximate surface area is 128 Å². The fourth-order valence-corrected chi connectivity index (χ4v) is 2.39. The summed E-state index contributed by atoms with van der Waals surface area (Å²) in [4.78, 5) is 2.17. The molecule has 2 aromatic rings. The van der Waals surface area contributed by atoms with Gasteiger partial charge in [0.15, 0.2) is 0 Å². The van der Waals surface area contributed by atoms with Gasteiger partial charge in [-0.25, -0.2) is 0 Å². The van der Waals surface area contributed by atoms with E-state index in [1.54, 1.807) is 0 Å². The Balaban J connectivity index is 0.000000861. The van der Waals surface area contributed by atoms with Gasteiger partial charge in [0, 0.05) is 9.79 Å². The van der Waals surface area contributed by atoms with Gasteiger partial charge in [0.2, 0.25) is 0 Å². The van der Waals surface area contributed by atoms with Crippen LogP contribution in [0.25, 0.3) is 0 Å². The molecule has 0 heterocycles. The first-order valence-corrected chi connectivity index (χ1v) is 7.54. The summed E-state index contributed by atoms with van der Waals surface area (Å²) in [5.74, 6) is 0. The van der Waals surface area contributed by atoms with Gasteiger partial charge in [-0.05, 0) is 42.5 Å². The van der Waals surface area contributed by atoms with Crippen LogP contribution in [0.5, 0.6) is 0 Å². The molecule has 0 saturated heterocycles. The molecular weight excluding hydrogens is 268 g/mol. The number of rotatable bonds is 2. The fourth-order valence-electron chi connectivity index (χ4n) is 1.93. The van der Waals surface area contributed by atoms with E-state index in [4.69, 9.17) is 0 Å². The molecule has 0 spiro atoms. The van der Waals surface area contributed by atoms with E-state index < -0.39 is 0 Å². The molecule has 102 valence electrons. The van der Waals surface area contributed by atoms with Gasteiger partial charge in [-0.15, -0.1) is 25.3 Å². The Hall–Kier alpha value is -0.860. The van der Waals surface area contributed by atoms with Crippen LogP contribution in [0, 0.1) is 13.8 Å². The zero-order chi connectivity index (χ0) is 14.4. The molecular formula is C17H22S2. The zero-order valence-electron chi connectivity index (χ0n) is 12.1. The van der Waals surface area contributed by atoms with Crippen LogP contribution in [0.15, 0.2) is 46.2 Å². The van der Waals surface area contributed by atoms with Gasteiger partial charge >= 0.3 is 0 Å². The maximum absolute atomic E-state index is 4.58. The first-order valence-electron chi connectivity index (χ1n) is 6.64. The Kier molecular flexibility index (Phi) is 6.53. The predicted molar refractivity (Wildman–Crippen MR) is 91.0 cm³/mol. The maximum atomic E-state index is 4.58. The average Bonchev–Trinajstić information content (AvgIpc) is 2.42. The second-order valence-electron chi connectivity index (χ2n) is 4.34. The average molecular weight is 290 g/mol. The summed E-state index contributed by atoms with van der Waals surface area (Å²) in [6.07, 6.45) is 0.890. The van der Waals surface area contributed by atoms with Crippen molar-refractivity contribution < 1.29 is 0 Å². The molecule has 0 aliphatic carbocycles. The van der Waals surface area contributed by atoms with Crippen molar-refractivity contribution in [3.8, 4) is 0 Å². The standard InChI is InChI=1S/C15H16S2.C2H6/c1-10-5-3-7-12(14(10)16)9-13-8-4-6-11(2)15(13)17;1-2/h3-8,16-17H,9H2,1-2H3;1-2H3. The number of hydrogen-bond acceptors (Lipinski definition) is 2. The largest absolute Gasteiger partial charge is 0.143 e. The highest BCUT2D eigenvalue weighted by Crippen LogP contribution is 2.25. The first-order chi connectivity index (χ1) is 9.09. The van der Waals surface area contributed by atoms with E-state index in [1.807, 2.05) is 13.8 Å². The first kappa shape index (κ1) is 16.2. The number of thiol groups is 2. The molecule has 2 rings (SSSR count). The highest BCUT2D eigenvalue weighted by Gasteiger charge is 2.06. The lowest BCUT2D eigenvalue weighted by atomic mass is 10.0. The molecule has 0 N–H and O–H groups in total. The predicted octanol–water partition coefficient (Wildman–Crippen LogP) is 5.50. The number of aryl methyl sites for hydroxylation is 2. The Bertz CT molecular complexity index is 495. The van der Waals surface area contributed by atoms with Gasteiger partial charge in [0.05, 0.1) is 0 Å². The van der Waals surface area contributed by atoms with E-state index in [0.717, 1.165) is 16.2 Å². The van der Waals surface area contributed by atoms with Crippen molar-refractivity contribution in [1.82, 2.24) is 0 Å². The number of benzene rings is 2. The molecule has 0 radical (unpaired) electrons. The number of hydrogen-bond donors (Lipinski definition) is 2. The molecule has 0 aliphatic heterocycles. The molecule has 0 aromatic heterocycles. The minimum Gasteiger partial charge on any atom is -0.143 e.